The molecule has 1 aromatic carbocycles. The summed E-state index contributed by atoms with van der Waals surface area (Å²) in [7, 11) is 0. The van der Waals surface area contributed by atoms with Crippen molar-refractivity contribution in [2.75, 3.05) is 0 Å². The van der Waals surface area contributed by atoms with Gasteiger partial charge < -0.3 is 0 Å². The second kappa shape index (κ2) is 12.9. The Balaban J connectivity index is 3.28. The van der Waals surface area contributed by atoms with Crippen LogP contribution < -0.4 is 3.58 Å². The molecule has 0 aliphatic rings. The molecule has 0 aliphatic heterocycles. The number of carbonyl (C=O) groups excluding carboxylic acids is 1. The Bertz CT molecular complexity index is 473. The van der Waals surface area contributed by atoms with Crippen molar-refractivity contribution in [1.29, 1.82) is 0 Å². The topological polar surface area (TPSA) is 17.1 Å². The average molecular weight is 451 g/mol. The fourth-order valence-corrected chi connectivity index (χ4v) is 20.8. The second-order valence-corrected chi connectivity index (χ2v) is 20.8. The Labute approximate surface area is 160 Å². The van der Waals surface area contributed by atoms with Gasteiger partial charge in [0.25, 0.3) is 0 Å². The summed E-state index contributed by atoms with van der Waals surface area (Å²) < 4.78 is 5.86. The summed E-state index contributed by atoms with van der Waals surface area (Å²) in [6, 6.07) is 8.78. The van der Waals surface area contributed by atoms with Gasteiger partial charge in [0.15, 0.2) is 0 Å². The van der Waals surface area contributed by atoms with Gasteiger partial charge >= 0.3 is 161 Å². The second-order valence-electron chi connectivity index (χ2n) is 7.66. The van der Waals surface area contributed by atoms with Gasteiger partial charge in [0.2, 0.25) is 0 Å². The number of Topliss-reactive ketones (excluding diaryl/α,β-unsaturated/α-hetero) is 1. The van der Waals surface area contributed by atoms with Crippen LogP contribution in [0, 0.1) is 0 Å². The van der Waals surface area contributed by atoms with Gasteiger partial charge in [-0.15, -0.1) is 0 Å². The molecular weight excluding hydrogens is 411 g/mol. The number of rotatable bonds is 14. The van der Waals surface area contributed by atoms with Gasteiger partial charge in [-0.25, -0.2) is 0 Å². The van der Waals surface area contributed by atoms with Crippen molar-refractivity contribution >= 4 is 27.7 Å². The number of hydrogen-bond donors (Lipinski definition) is 0. The number of ketones is 1. The molecule has 25 heavy (non-hydrogen) atoms. The molecule has 0 amide bonds. The number of carbonyl (C=O) groups is 1. The van der Waals surface area contributed by atoms with E-state index in [1.807, 2.05) is 0 Å². The van der Waals surface area contributed by atoms with Crippen LogP contribution >= 0.6 is 0 Å². The first kappa shape index (κ1) is 22.7. The number of benzene rings is 1. The van der Waals surface area contributed by atoms with Gasteiger partial charge in [0.05, 0.1) is 0 Å². The van der Waals surface area contributed by atoms with Crippen LogP contribution in [0.15, 0.2) is 24.3 Å². The molecule has 0 fully saturated rings. The molecule has 1 nitrogen and oxygen atoms in total. The Kier molecular flexibility index (Phi) is 11.8. The van der Waals surface area contributed by atoms with Gasteiger partial charge in [-0.1, -0.05) is 0 Å². The van der Waals surface area contributed by atoms with Crippen molar-refractivity contribution in [3.63, 3.8) is 0 Å². The molecule has 0 aliphatic carbocycles. The molecule has 1 aromatic rings. The van der Waals surface area contributed by atoms with Crippen molar-refractivity contribution in [2.24, 2.45) is 0 Å². The first-order valence-electron chi connectivity index (χ1n) is 10.8. The zero-order valence-electron chi connectivity index (χ0n) is 17.2. The molecule has 0 heterocycles. The molecule has 0 atom stereocenters. The number of unbranched alkanes of at least 4 members (excludes halogenated alkanes) is 4. The van der Waals surface area contributed by atoms with Crippen LogP contribution in [0.2, 0.25) is 13.3 Å². The van der Waals surface area contributed by atoms with E-state index in [0.717, 1.165) is 24.8 Å². The summed E-state index contributed by atoms with van der Waals surface area (Å²) in [6.45, 7) is 9.12. The van der Waals surface area contributed by atoms with E-state index in [1.165, 1.54) is 51.8 Å². The standard InChI is InChI=1S/C11H13O.3C4H9.Sn/c1-2-3-9-11(12)10-7-5-4-6-8-10;3*1-3-4-2;/h4-7H,2-3,9H2,1H3;3*1,3-4H2,2H3;. The summed E-state index contributed by atoms with van der Waals surface area (Å²) in [5.41, 5.74) is 1.11. The first-order valence-corrected chi connectivity index (χ1v) is 18.3. The van der Waals surface area contributed by atoms with Crippen LogP contribution in [0.5, 0.6) is 0 Å². The van der Waals surface area contributed by atoms with Crippen molar-refractivity contribution < 1.29 is 4.79 Å². The van der Waals surface area contributed by atoms with Crippen LogP contribution in [0.3, 0.4) is 0 Å². The Morgan fingerprint density at radius 2 is 1.24 bits per heavy atom. The summed E-state index contributed by atoms with van der Waals surface area (Å²) >= 11 is -2.52. The first-order chi connectivity index (χ1) is 12.1. The van der Waals surface area contributed by atoms with Gasteiger partial charge in [0, 0.05) is 0 Å². The Morgan fingerprint density at radius 3 is 1.72 bits per heavy atom. The van der Waals surface area contributed by atoms with Gasteiger partial charge in [0.1, 0.15) is 0 Å². The van der Waals surface area contributed by atoms with E-state index >= 15 is 0 Å². The summed E-state index contributed by atoms with van der Waals surface area (Å²) in [4.78, 5) is 12.9. The third-order valence-electron chi connectivity index (χ3n) is 5.58. The molecule has 2 heteroatoms. The fraction of sp³-hybridized carbons (Fsp3) is 0.696. The van der Waals surface area contributed by atoms with E-state index in [-0.39, 0.29) is 0 Å². The Hall–Kier alpha value is -0.311. The van der Waals surface area contributed by atoms with E-state index in [2.05, 4.69) is 52.0 Å². The maximum absolute atomic E-state index is 12.9. The van der Waals surface area contributed by atoms with Gasteiger partial charge in [-0.3, -0.25) is 0 Å². The van der Waals surface area contributed by atoms with Crippen LogP contribution in [0.1, 0.15) is 95.8 Å². The van der Waals surface area contributed by atoms with Gasteiger partial charge in [-0.2, -0.15) is 0 Å². The SMILES string of the molecule is CCCCC(=O)c1cccc[c]1[Sn]([CH2]CCC)([CH2]CCC)[CH2]CCC. The van der Waals surface area contributed by atoms with Crippen molar-refractivity contribution in [3.8, 4) is 0 Å². The number of hydrogen-bond acceptors (Lipinski definition) is 1. The molecule has 1 rings (SSSR count). The predicted molar refractivity (Wildman–Crippen MR) is 115 cm³/mol. The molecule has 0 unspecified atom stereocenters. The molecule has 0 saturated carbocycles. The summed E-state index contributed by atoms with van der Waals surface area (Å²) in [5, 5.41) is 0. The van der Waals surface area contributed by atoms with Crippen LogP contribution in [-0.2, 0) is 0 Å². The Morgan fingerprint density at radius 1 is 0.760 bits per heavy atom. The van der Waals surface area contributed by atoms with E-state index in [1.54, 1.807) is 3.58 Å². The quantitative estimate of drug-likeness (QED) is 0.218. The molecule has 0 spiro atoms. The summed E-state index contributed by atoms with van der Waals surface area (Å²) in [5.74, 6) is 0.406. The minimum atomic E-state index is -2.52. The zero-order valence-corrected chi connectivity index (χ0v) is 20.1. The summed E-state index contributed by atoms with van der Waals surface area (Å²) in [6.07, 6.45) is 10.7. The maximum atomic E-state index is 12.9. The normalized spacial score (nSPS) is 11.7. The molecule has 0 aromatic heterocycles. The molecule has 0 bridgehead atoms. The fourth-order valence-electron chi connectivity index (χ4n) is 3.99. The monoisotopic (exact) mass is 452 g/mol. The van der Waals surface area contributed by atoms with Crippen LogP contribution in [0.4, 0.5) is 0 Å². The van der Waals surface area contributed by atoms with E-state index < -0.39 is 18.4 Å². The van der Waals surface area contributed by atoms with Crippen molar-refractivity contribution in [2.45, 2.75) is 98.8 Å². The minimum absolute atomic E-state index is 0.406. The van der Waals surface area contributed by atoms with E-state index in [0.29, 0.717) is 5.78 Å². The van der Waals surface area contributed by atoms with E-state index in [4.69, 9.17) is 0 Å². The van der Waals surface area contributed by atoms with Crippen molar-refractivity contribution in [3.05, 3.63) is 29.8 Å². The molecule has 0 saturated heterocycles. The van der Waals surface area contributed by atoms with Crippen LogP contribution in [0.25, 0.3) is 0 Å². The molecular formula is C23H40OSn. The average Bonchev–Trinajstić information content (AvgIpc) is 2.66. The molecule has 142 valence electrons. The molecule has 0 N–H and O–H groups in total. The van der Waals surface area contributed by atoms with Gasteiger partial charge in [-0.05, 0) is 0 Å². The molecule has 0 radical (unpaired) electrons. The zero-order chi connectivity index (χ0) is 18.5. The van der Waals surface area contributed by atoms with E-state index in [9.17, 15) is 4.79 Å². The predicted octanol–water partition coefficient (Wildman–Crippen LogP) is 7.12. The van der Waals surface area contributed by atoms with Crippen LogP contribution in [-0.4, -0.2) is 24.2 Å². The third-order valence-corrected chi connectivity index (χ3v) is 21.3. The van der Waals surface area contributed by atoms with Crippen molar-refractivity contribution in [1.82, 2.24) is 0 Å². The third kappa shape index (κ3) is 7.07.